The van der Waals surface area contributed by atoms with Gasteiger partial charge in [-0.25, -0.2) is 4.79 Å². The van der Waals surface area contributed by atoms with Crippen LogP contribution in [0.4, 0.5) is 4.79 Å². The van der Waals surface area contributed by atoms with Crippen molar-refractivity contribution < 1.29 is 14.3 Å². The smallest absolute Gasteiger partial charge is 0.433 e. The Bertz CT molecular complexity index is 194. The Balaban J connectivity index is 3.95. The normalized spacial score (nSPS) is 14.5. The van der Waals surface area contributed by atoms with Crippen molar-refractivity contribution in [1.29, 1.82) is 0 Å². The van der Waals surface area contributed by atoms with Crippen molar-refractivity contribution in [3.05, 3.63) is 0 Å². The molecule has 4 nitrogen and oxygen atoms in total. The van der Waals surface area contributed by atoms with Crippen LogP contribution in [0.5, 0.6) is 0 Å². The SMILES string of the molecule is COC(C)/C=N/C(=O)OC(C)(C)C. The number of hydrogen-bond donors (Lipinski definition) is 0. The minimum atomic E-state index is -0.587. The second kappa shape index (κ2) is 4.97. The summed E-state index contributed by atoms with van der Waals surface area (Å²) in [6.07, 6.45) is 0.651. The molecule has 0 radical (unpaired) electrons. The van der Waals surface area contributed by atoms with E-state index < -0.39 is 11.7 Å². The van der Waals surface area contributed by atoms with Gasteiger partial charge in [-0.3, -0.25) is 0 Å². The quantitative estimate of drug-likeness (QED) is 0.621. The summed E-state index contributed by atoms with van der Waals surface area (Å²) < 4.78 is 9.81. The molecule has 0 spiro atoms. The summed E-state index contributed by atoms with van der Waals surface area (Å²) >= 11 is 0. The number of carbonyl (C=O) groups excluding carboxylic acids is 1. The van der Waals surface area contributed by atoms with Crippen molar-refractivity contribution in [3.8, 4) is 0 Å². The molecule has 0 aromatic rings. The van der Waals surface area contributed by atoms with Gasteiger partial charge in [0, 0.05) is 13.3 Å². The molecule has 0 rings (SSSR count). The molecule has 0 aliphatic carbocycles. The Labute approximate surface area is 78.9 Å². The van der Waals surface area contributed by atoms with Crippen LogP contribution in [0.25, 0.3) is 0 Å². The van der Waals surface area contributed by atoms with Crippen molar-refractivity contribution >= 4 is 12.3 Å². The molecule has 0 aromatic carbocycles. The van der Waals surface area contributed by atoms with E-state index in [0.717, 1.165) is 0 Å². The van der Waals surface area contributed by atoms with Crippen molar-refractivity contribution in [1.82, 2.24) is 0 Å². The molecule has 0 aromatic heterocycles. The van der Waals surface area contributed by atoms with Crippen LogP contribution in [-0.2, 0) is 9.47 Å². The standard InChI is InChI=1S/C9H17NO3/c1-7(12-5)6-10-8(11)13-9(2,3)4/h6-7H,1-5H3/b10-6+. The summed E-state index contributed by atoms with van der Waals surface area (Å²) in [5.41, 5.74) is -0.495. The fraction of sp³-hybridized carbons (Fsp3) is 0.778. The van der Waals surface area contributed by atoms with Crippen LogP contribution < -0.4 is 0 Å². The molecule has 76 valence electrons. The molecule has 13 heavy (non-hydrogen) atoms. The van der Waals surface area contributed by atoms with E-state index in [2.05, 4.69) is 4.99 Å². The maximum Gasteiger partial charge on any atom is 0.433 e. The Morgan fingerprint density at radius 2 is 2.00 bits per heavy atom. The first-order chi connectivity index (χ1) is 5.85. The zero-order valence-corrected chi connectivity index (χ0v) is 8.83. The van der Waals surface area contributed by atoms with Crippen molar-refractivity contribution in [2.75, 3.05) is 7.11 Å². The molecule has 1 atom stereocenters. The number of amides is 1. The lowest BCUT2D eigenvalue weighted by Gasteiger charge is -2.17. The highest BCUT2D eigenvalue weighted by molar-refractivity contribution is 5.81. The second-order valence-corrected chi connectivity index (χ2v) is 3.70. The maximum absolute atomic E-state index is 11.0. The molecule has 1 amide bonds. The van der Waals surface area contributed by atoms with Crippen LogP contribution in [0.3, 0.4) is 0 Å². The van der Waals surface area contributed by atoms with Gasteiger partial charge in [-0.15, -0.1) is 0 Å². The maximum atomic E-state index is 11.0. The van der Waals surface area contributed by atoms with E-state index in [0.29, 0.717) is 0 Å². The lowest BCUT2D eigenvalue weighted by molar-refractivity contribution is 0.0602. The second-order valence-electron chi connectivity index (χ2n) is 3.70. The van der Waals surface area contributed by atoms with Gasteiger partial charge in [-0.1, -0.05) is 0 Å². The number of hydrogen-bond acceptors (Lipinski definition) is 3. The number of carbonyl (C=O) groups is 1. The Morgan fingerprint density at radius 3 is 2.38 bits per heavy atom. The fourth-order valence-corrected chi connectivity index (χ4v) is 0.515. The number of aliphatic imine (C=N–C) groups is 1. The van der Waals surface area contributed by atoms with Crippen LogP contribution in [0.15, 0.2) is 4.99 Å². The van der Waals surface area contributed by atoms with Gasteiger partial charge in [0.15, 0.2) is 0 Å². The fourth-order valence-electron chi connectivity index (χ4n) is 0.515. The van der Waals surface area contributed by atoms with Gasteiger partial charge >= 0.3 is 6.09 Å². The molecular weight excluding hydrogens is 170 g/mol. The third-order valence-corrected chi connectivity index (χ3v) is 1.16. The predicted octanol–water partition coefficient (Wildman–Crippen LogP) is 2.03. The summed E-state index contributed by atoms with van der Waals surface area (Å²) in [5, 5.41) is 0. The van der Waals surface area contributed by atoms with Crippen LogP contribution in [0.1, 0.15) is 27.7 Å². The van der Waals surface area contributed by atoms with Gasteiger partial charge in [0.2, 0.25) is 0 Å². The van der Waals surface area contributed by atoms with Gasteiger partial charge in [0.1, 0.15) is 5.60 Å². The van der Waals surface area contributed by atoms with Crippen molar-refractivity contribution in [2.24, 2.45) is 4.99 Å². The molecule has 0 heterocycles. The largest absolute Gasteiger partial charge is 0.442 e. The minimum Gasteiger partial charge on any atom is -0.442 e. The minimum absolute atomic E-state index is 0.174. The summed E-state index contributed by atoms with van der Waals surface area (Å²) in [7, 11) is 1.55. The Hall–Kier alpha value is -0.900. The molecular formula is C9H17NO3. The van der Waals surface area contributed by atoms with E-state index in [-0.39, 0.29) is 6.10 Å². The summed E-state index contributed by atoms with van der Waals surface area (Å²) in [6.45, 7) is 7.16. The Kier molecular flexibility index (Phi) is 4.62. The first-order valence-corrected chi connectivity index (χ1v) is 4.15. The third-order valence-electron chi connectivity index (χ3n) is 1.16. The van der Waals surface area contributed by atoms with Crippen molar-refractivity contribution in [3.63, 3.8) is 0 Å². The molecule has 0 bridgehead atoms. The van der Waals surface area contributed by atoms with E-state index in [1.165, 1.54) is 6.21 Å². The zero-order valence-electron chi connectivity index (χ0n) is 8.83. The van der Waals surface area contributed by atoms with Gasteiger partial charge in [-0.2, -0.15) is 4.99 Å². The van der Waals surface area contributed by atoms with E-state index in [1.54, 1.807) is 34.8 Å². The molecule has 0 saturated carbocycles. The van der Waals surface area contributed by atoms with E-state index >= 15 is 0 Å². The predicted molar refractivity (Wildman–Crippen MR) is 51.2 cm³/mol. The average Bonchev–Trinajstić information content (AvgIpc) is 1.97. The van der Waals surface area contributed by atoms with Crippen LogP contribution >= 0.6 is 0 Å². The monoisotopic (exact) mass is 187 g/mol. The lowest BCUT2D eigenvalue weighted by atomic mass is 10.2. The summed E-state index contributed by atoms with van der Waals surface area (Å²) in [4.78, 5) is 14.6. The number of ether oxygens (including phenoxy) is 2. The lowest BCUT2D eigenvalue weighted by Crippen LogP contribution is -2.22. The number of nitrogens with zero attached hydrogens (tertiary/aromatic N) is 1. The molecule has 0 aliphatic heterocycles. The molecule has 4 heteroatoms. The summed E-state index contributed by atoms with van der Waals surface area (Å²) in [6, 6.07) is 0. The van der Waals surface area contributed by atoms with Crippen molar-refractivity contribution in [2.45, 2.75) is 39.4 Å². The highest BCUT2D eigenvalue weighted by Crippen LogP contribution is 2.07. The molecule has 0 aliphatic rings. The Morgan fingerprint density at radius 1 is 1.46 bits per heavy atom. The zero-order chi connectivity index (χ0) is 10.5. The first kappa shape index (κ1) is 12.1. The van der Waals surface area contributed by atoms with Gasteiger partial charge in [0.25, 0.3) is 0 Å². The number of rotatable bonds is 2. The van der Waals surface area contributed by atoms with E-state index in [4.69, 9.17) is 9.47 Å². The molecule has 0 fully saturated rings. The molecule has 0 N–H and O–H groups in total. The number of methoxy groups -OCH3 is 1. The highest BCUT2D eigenvalue weighted by Gasteiger charge is 2.14. The van der Waals surface area contributed by atoms with Gasteiger partial charge in [0.05, 0.1) is 6.10 Å². The molecule has 1 unspecified atom stereocenters. The highest BCUT2D eigenvalue weighted by atomic mass is 16.6. The van der Waals surface area contributed by atoms with Gasteiger partial charge < -0.3 is 9.47 Å². The van der Waals surface area contributed by atoms with Crippen LogP contribution in [-0.4, -0.2) is 31.1 Å². The van der Waals surface area contributed by atoms with Gasteiger partial charge in [-0.05, 0) is 27.7 Å². The summed E-state index contributed by atoms with van der Waals surface area (Å²) in [5.74, 6) is 0. The van der Waals surface area contributed by atoms with Crippen LogP contribution in [0.2, 0.25) is 0 Å². The van der Waals surface area contributed by atoms with E-state index in [1.807, 2.05) is 0 Å². The first-order valence-electron chi connectivity index (χ1n) is 4.15. The topological polar surface area (TPSA) is 47.9 Å². The van der Waals surface area contributed by atoms with Crippen LogP contribution in [0, 0.1) is 0 Å². The molecule has 0 saturated heterocycles. The average molecular weight is 187 g/mol. The third kappa shape index (κ3) is 7.46. The van der Waals surface area contributed by atoms with E-state index in [9.17, 15) is 4.79 Å².